The molecule has 106 valence electrons. The molecule has 0 spiro atoms. The van der Waals surface area contributed by atoms with E-state index in [0.29, 0.717) is 5.69 Å². The van der Waals surface area contributed by atoms with E-state index in [1.54, 1.807) is 19.3 Å². The molecule has 0 bridgehead atoms. The van der Waals surface area contributed by atoms with Crippen molar-refractivity contribution >= 4 is 15.7 Å². The molecule has 2 heterocycles. The van der Waals surface area contributed by atoms with Crippen molar-refractivity contribution in [3.63, 3.8) is 0 Å². The highest BCUT2D eigenvalue weighted by Crippen LogP contribution is 2.18. The van der Waals surface area contributed by atoms with Gasteiger partial charge in [-0.3, -0.25) is 9.97 Å². The van der Waals surface area contributed by atoms with E-state index in [1.165, 1.54) is 12.4 Å². The Balaban J connectivity index is 2.17. The third-order valence-corrected chi connectivity index (χ3v) is 4.21. The highest BCUT2D eigenvalue weighted by atomic mass is 32.2. The van der Waals surface area contributed by atoms with Crippen LogP contribution in [0.5, 0.6) is 0 Å². The summed E-state index contributed by atoms with van der Waals surface area (Å²) in [5.41, 5.74) is 2.20. The number of sulfonamides is 1. The zero-order chi connectivity index (χ0) is 14.6. The molecule has 2 rings (SSSR count). The van der Waals surface area contributed by atoms with Crippen molar-refractivity contribution in [3.8, 4) is 0 Å². The van der Waals surface area contributed by atoms with Crippen LogP contribution in [0.25, 0.3) is 0 Å². The summed E-state index contributed by atoms with van der Waals surface area (Å²) in [5.74, 6) is 0. The van der Waals surface area contributed by atoms with E-state index in [9.17, 15) is 8.42 Å². The summed E-state index contributed by atoms with van der Waals surface area (Å²) in [7, 11) is -1.95. The maximum Gasteiger partial charge on any atom is 0.244 e. The fourth-order valence-electron chi connectivity index (χ4n) is 1.66. The molecule has 0 saturated carbocycles. The van der Waals surface area contributed by atoms with E-state index in [0.717, 1.165) is 11.3 Å². The van der Waals surface area contributed by atoms with Crippen LogP contribution >= 0.6 is 0 Å². The van der Waals surface area contributed by atoms with E-state index in [2.05, 4.69) is 20.0 Å². The summed E-state index contributed by atoms with van der Waals surface area (Å²) in [6.45, 7) is 2.07. The van der Waals surface area contributed by atoms with Crippen molar-refractivity contribution in [1.82, 2.24) is 14.7 Å². The van der Waals surface area contributed by atoms with Crippen molar-refractivity contribution in [3.05, 3.63) is 48.0 Å². The van der Waals surface area contributed by atoms with E-state index in [1.807, 2.05) is 19.1 Å². The molecule has 6 nitrogen and oxygen atoms in total. The largest absolute Gasteiger partial charge is 0.387 e. The van der Waals surface area contributed by atoms with Crippen molar-refractivity contribution in [2.75, 3.05) is 12.4 Å². The number of aryl methyl sites for hydroxylation is 1. The molecule has 0 saturated heterocycles. The van der Waals surface area contributed by atoms with Gasteiger partial charge in [-0.2, -0.15) is 0 Å². The van der Waals surface area contributed by atoms with Crippen LogP contribution in [0.2, 0.25) is 0 Å². The Morgan fingerprint density at radius 3 is 2.65 bits per heavy atom. The van der Waals surface area contributed by atoms with Crippen LogP contribution in [0.15, 0.2) is 41.7 Å². The molecule has 0 aliphatic rings. The molecule has 2 aromatic heterocycles. The molecule has 0 amide bonds. The lowest BCUT2D eigenvalue weighted by atomic mass is 10.2. The summed E-state index contributed by atoms with van der Waals surface area (Å²) >= 11 is 0. The van der Waals surface area contributed by atoms with Gasteiger partial charge in [-0.05, 0) is 24.6 Å². The summed E-state index contributed by atoms with van der Waals surface area (Å²) in [5, 5.41) is 2.84. The normalized spacial score (nSPS) is 11.3. The lowest BCUT2D eigenvalue weighted by Crippen LogP contribution is -2.24. The molecule has 20 heavy (non-hydrogen) atoms. The minimum Gasteiger partial charge on any atom is -0.387 e. The van der Waals surface area contributed by atoms with Crippen LogP contribution in [-0.4, -0.2) is 25.4 Å². The quantitative estimate of drug-likeness (QED) is 0.868. The zero-order valence-electron chi connectivity index (χ0n) is 11.3. The predicted molar refractivity (Wildman–Crippen MR) is 76.8 cm³/mol. The Morgan fingerprint density at radius 2 is 2.00 bits per heavy atom. The molecule has 2 N–H and O–H groups in total. The van der Waals surface area contributed by atoms with E-state index < -0.39 is 10.0 Å². The van der Waals surface area contributed by atoms with Gasteiger partial charge in [0.25, 0.3) is 0 Å². The lowest BCUT2D eigenvalue weighted by Gasteiger charge is -2.10. The Bertz CT molecular complexity index is 684. The number of anilines is 1. The second-order valence-corrected chi connectivity index (χ2v) is 5.99. The van der Waals surface area contributed by atoms with Crippen LogP contribution in [0.1, 0.15) is 11.3 Å². The average molecular weight is 292 g/mol. The molecule has 0 atom stereocenters. The number of rotatable bonds is 5. The predicted octanol–water partition coefficient (Wildman–Crippen LogP) is 1.31. The average Bonchev–Trinajstić information content (AvgIpc) is 2.46. The third-order valence-electron chi connectivity index (χ3n) is 2.78. The van der Waals surface area contributed by atoms with Crippen molar-refractivity contribution < 1.29 is 8.42 Å². The second-order valence-electron chi connectivity index (χ2n) is 4.25. The van der Waals surface area contributed by atoms with Gasteiger partial charge in [-0.15, -0.1) is 0 Å². The second kappa shape index (κ2) is 5.98. The summed E-state index contributed by atoms with van der Waals surface area (Å²) < 4.78 is 27.0. The van der Waals surface area contributed by atoms with Crippen LogP contribution in [0, 0.1) is 6.92 Å². The van der Waals surface area contributed by atoms with Crippen LogP contribution < -0.4 is 10.0 Å². The molecule has 7 heteroatoms. The maximum absolute atomic E-state index is 12.2. The summed E-state index contributed by atoms with van der Waals surface area (Å²) in [6, 6.07) is 5.29. The first-order valence-electron chi connectivity index (χ1n) is 6.06. The Hall–Kier alpha value is -1.99. The van der Waals surface area contributed by atoms with Crippen molar-refractivity contribution in [1.29, 1.82) is 0 Å². The first kappa shape index (κ1) is 14.4. The third kappa shape index (κ3) is 3.31. The first-order chi connectivity index (χ1) is 9.53. The number of aromatic nitrogens is 2. The summed E-state index contributed by atoms with van der Waals surface area (Å²) in [6.07, 6.45) is 4.51. The fourth-order valence-corrected chi connectivity index (χ4v) is 2.83. The van der Waals surface area contributed by atoms with Crippen LogP contribution in [0.4, 0.5) is 5.69 Å². The van der Waals surface area contributed by atoms with Gasteiger partial charge in [0.05, 0.1) is 5.69 Å². The molecular weight excluding hydrogens is 276 g/mol. The maximum atomic E-state index is 12.2. The molecular formula is C13H16N4O2S. The minimum absolute atomic E-state index is 0.127. The highest BCUT2D eigenvalue weighted by Gasteiger charge is 2.17. The number of nitrogens with one attached hydrogen (secondary N) is 2. The Labute approximate surface area is 118 Å². The van der Waals surface area contributed by atoms with Crippen molar-refractivity contribution in [2.45, 2.75) is 18.4 Å². The van der Waals surface area contributed by atoms with Gasteiger partial charge in [0, 0.05) is 37.9 Å². The summed E-state index contributed by atoms with van der Waals surface area (Å²) in [4.78, 5) is 8.11. The van der Waals surface area contributed by atoms with E-state index >= 15 is 0 Å². The van der Waals surface area contributed by atoms with Gasteiger partial charge in [-0.25, -0.2) is 13.1 Å². The SMILES string of the molecule is CNc1ccncc1S(=O)(=O)NCc1ccc(C)nc1. The molecule has 2 aromatic rings. The topological polar surface area (TPSA) is 84.0 Å². The monoisotopic (exact) mass is 292 g/mol. The van der Waals surface area contributed by atoms with E-state index in [-0.39, 0.29) is 11.4 Å². The van der Waals surface area contributed by atoms with Gasteiger partial charge in [0.15, 0.2) is 0 Å². The molecule has 0 aliphatic heterocycles. The molecule has 0 unspecified atom stereocenters. The van der Waals surface area contributed by atoms with Gasteiger partial charge < -0.3 is 5.32 Å². The van der Waals surface area contributed by atoms with Gasteiger partial charge in [-0.1, -0.05) is 6.07 Å². The highest BCUT2D eigenvalue weighted by molar-refractivity contribution is 7.89. The van der Waals surface area contributed by atoms with Crippen LogP contribution in [0.3, 0.4) is 0 Å². The van der Waals surface area contributed by atoms with E-state index in [4.69, 9.17) is 0 Å². The lowest BCUT2D eigenvalue weighted by molar-refractivity contribution is 0.581. The van der Waals surface area contributed by atoms with Gasteiger partial charge in [0.1, 0.15) is 4.90 Å². The van der Waals surface area contributed by atoms with Crippen molar-refractivity contribution in [2.24, 2.45) is 0 Å². The molecule has 0 fully saturated rings. The molecule has 0 radical (unpaired) electrons. The smallest absolute Gasteiger partial charge is 0.244 e. The van der Waals surface area contributed by atoms with Gasteiger partial charge in [0.2, 0.25) is 10.0 Å². The van der Waals surface area contributed by atoms with Gasteiger partial charge >= 0.3 is 0 Å². The number of hydrogen-bond donors (Lipinski definition) is 2. The number of hydrogen-bond acceptors (Lipinski definition) is 5. The number of pyridine rings is 2. The Kier molecular flexibility index (Phi) is 4.31. The molecule has 0 aliphatic carbocycles. The minimum atomic E-state index is -3.61. The van der Waals surface area contributed by atoms with Crippen LogP contribution in [-0.2, 0) is 16.6 Å². The molecule has 0 aromatic carbocycles. The number of nitrogens with zero attached hydrogens (tertiary/aromatic N) is 2. The Morgan fingerprint density at radius 1 is 1.20 bits per heavy atom. The standard InChI is InChI=1S/C13H16N4O2S/c1-10-3-4-11(7-16-10)8-17-20(18,19)13-9-15-6-5-12(13)14-2/h3-7,9,17H,8H2,1-2H3,(H,14,15). The first-order valence-corrected chi connectivity index (χ1v) is 7.54. The fraction of sp³-hybridized carbons (Fsp3) is 0.231. The zero-order valence-corrected chi connectivity index (χ0v) is 12.1.